The highest BCUT2D eigenvalue weighted by Crippen LogP contribution is 2.19. The smallest absolute Gasteiger partial charge is 0.165 e. The van der Waals surface area contributed by atoms with Gasteiger partial charge in [-0.1, -0.05) is 12.5 Å². The van der Waals surface area contributed by atoms with Gasteiger partial charge in [0, 0.05) is 30.8 Å². The zero-order chi connectivity index (χ0) is 13.2. The first kappa shape index (κ1) is 12.6. The Kier molecular flexibility index (Phi) is 3.48. The third kappa shape index (κ3) is 2.35. The fourth-order valence-electron chi connectivity index (χ4n) is 2.93. The van der Waals surface area contributed by atoms with Crippen LogP contribution in [0.2, 0.25) is 0 Å². The molecular weight excluding hydrogens is 238 g/mol. The number of piperidine rings is 1. The molecule has 3 rings (SSSR count). The van der Waals surface area contributed by atoms with Crippen LogP contribution in [0.1, 0.15) is 30.7 Å². The largest absolute Gasteiger partial charge is 0.326 e. The van der Waals surface area contributed by atoms with Crippen LogP contribution in [0.3, 0.4) is 0 Å². The fourth-order valence-corrected chi connectivity index (χ4v) is 2.93. The van der Waals surface area contributed by atoms with Gasteiger partial charge in [-0.15, -0.1) is 10.2 Å². The lowest BCUT2D eigenvalue weighted by Crippen LogP contribution is -2.38. The van der Waals surface area contributed by atoms with E-state index in [1.807, 2.05) is 18.3 Å². The number of hydrogen-bond acceptors (Lipinski definition) is 4. The number of likely N-dealkylation sites (tertiary alicyclic amines) is 1. The first-order valence-corrected chi connectivity index (χ1v) is 7.01. The molecule has 1 unspecified atom stereocenters. The number of fused-ring (bicyclic) bond motifs is 1. The molecule has 102 valence electrons. The molecule has 0 amide bonds. The molecule has 19 heavy (non-hydrogen) atoms. The minimum absolute atomic E-state index is 0.506. The summed E-state index contributed by atoms with van der Waals surface area (Å²) >= 11 is 0. The van der Waals surface area contributed by atoms with Crippen LogP contribution < -0.4 is 5.73 Å². The third-order valence-electron chi connectivity index (χ3n) is 4.15. The topological polar surface area (TPSA) is 59.5 Å². The van der Waals surface area contributed by atoms with Gasteiger partial charge in [-0.05, 0) is 32.5 Å². The molecular formula is C14H21N5. The van der Waals surface area contributed by atoms with Gasteiger partial charge >= 0.3 is 0 Å². The maximum absolute atomic E-state index is 5.74. The lowest BCUT2D eigenvalue weighted by molar-refractivity contribution is 0.182. The minimum atomic E-state index is 0.506. The van der Waals surface area contributed by atoms with Gasteiger partial charge < -0.3 is 10.6 Å². The standard InChI is InChI=1S/C14H21N5/c1-18-7-3-2-6-12(18)9-13-16-17-14-11(10-15)5-4-8-19(13)14/h4-5,8,12H,2-3,6-7,9-10,15H2,1H3. The van der Waals surface area contributed by atoms with Crippen LogP contribution in [-0.2, 0) is 13.0 Å². The van der Waals surface area contributed by atoms with Crippen molar-refractivity contribution < 1.29 is 0 Å². The van der Waals surface area contributed by atoms with E-state index in [-0.39, 0.29) is 0 Å². The van der Waals surface area contributed by atoms with Gasteiger partial charge in [0.05, 0.1) is 0 Å². The van der Waals surface area contributed by atoms with Crippen LogP contribution in [0.25, 0.3) is 5.65 Å². The molecule has 1 aliphatic rings. The van der Waals surface area contributed by atoms with Crippen molar-refractivity contribution in [1.82, 2.24) is 19.5 Å². The zero-order valence-electron chi connectivity index (χ0n) is 11.4. The Balaban J connectivity index is 1.89. The highest BCUT2D eigenvalue weighted by atomic mass is 15.3. The summed E-state index contributed by atoms with van der Waals surface area (Å²) < 4.78 is 2.09. The molecule has 2 aromatic rings. The molecule has 1 atom stereocenters. The van der Waals surface area contributed by atoms with Gasteiger partial charge in [-0.3, -0.25) is 4.40 Å². The van der Waals surface area contributed by atoms with Crippen LogP contribution in [0.5, 0.6) is 0 Å². The maximum atomic E-state index is 5.74. The van der Waals surface area contributed by atoms with Crippen LogP contribution in [0, 0.1) is 0 Å². The lowest BCUT2D eigenvalue weighted by Gasteiger charge is -2.31. The first-order chi connectivity index (χ1) is 9.29. The molecule has 1 fully saturated rings. The summed E-state index contributed by atoms with van der Waals surface area (Å²) in [5.74, 6) is 1.05. The lowest BCUT2D eigenvalue weighted by atomic mass is 10.00. The predicted molar refractivity (Wildman–Crippen MR) is 74.9 cm³/mol. The van der Waals surface area contributed by atoms with Crippen LogP contribution in [0.4, 0.5) is 0 Å². The summed E-state index contributed by atoms with van der Waals surface area (Å²) in [6.07, 6.45) is 6.88. The van der Waals surface area contributed by atoms with E-state index < -0.39 is 0 Å². The Bertz CT molecular complexity index is 562. The quantitative estimate of drug-likeness (QED) is 0.900. The molecule has 5 nitrogen and oxygen atoms in total. The average Bonchev–Trinajstić information content (AvgIpc) is 2.84. The summed E-state index contributed by atoms with van der Waals surface area (Å²) in [7, 11) is 2.21. The van der Waals surface area contributed by atoms with Gasteiger partial charge in [0.2, 0.25) is 0 Å². The summed E-state index contributed by atoms with van der Waals surface area (Å²) in [4.78, 5) is 2.44. The SMILES string of the molecule is CN1CCCCC1Cc1nnc2c(CN)cccn12. The monoisotopic (exact) mass is 259 g/mol. The number of likely N-dealkylation sites (N-methyl/N-ethyl adjacent to an activating group) is 1. The van der Waals surface area contributed by atoms with Gasteiger partial charge in [-0.25, -0.2) is 0 Å². The number of pyridine rings is 1. The molecule has 1 aliphatic heterocycles. The average molecular weight is 259 g/mol. The van der Waals surface area contributed by atoms with E-state index in [9.17, 15) is 0 Å². The Labute approximate surface area is 113 Å². The molecule has 5 heteroatoms. The Morgan fingerprint density at radius 2 is 2.26 bits per heavy atom. The highest BCUT2D eigenvalue weighted by molar-refractivity contribution is 5.47. The van der Waals surface area contributed by atoms with Crippen LogP contribution in [0.15, 0.2) is 18.3 Å². The minimum Gasteiger partial charge on any atom is -0.326 e. The molecule has 2 aromatic heterocycles. The Morgan fingerprint density at radius 1 is 1.37 bits per heavy atom. The fraction of sp³-hybridized carbons (Fsp3) is 0.571. The number of nitrogens with two attached hydrogens (primary N) is 1. The van der Waals surface area contributed by atoms with Crippen molar-refractivity contribution in [1.29, 1.82) is 0 Å². The van der Waals surface area contributed by atoms with E-state index in [1.165, 1.54) is 25.8 Å². The summed E-state index contributed by atoms with van der Waals surface area (Å²) in [6.45, 7) is 1.70. The van der Waals surface area contributed by atoms with Gasteiger partial charge in [-0.2, -0.15) is 0 Å². The van der Waals surface area contributed by atoms with Crippen LogP contribution >= 0.6 is 0 Å². The van der Waals surface area contributed by atoms with Crippen molar-refractivity contribution >= 4 is 5.65 Å². The normalized spacial score (nSPS) is 21.1. The number of hydrogen-bond donors (Lipinski definition) is 1. The van der Waals surface area contributed by atoms with Gasteiger partial charge in [0.25, 0.3) is 0 Å². The number of aromatic nitrogens is 3. The highest BCUT2D eigenvalue weighted by Gasteiger charge is 2.21. The summed E-state index contributed by atoms with van der Waals surface area (Å²) in [5.41, 5.74) is 7.70. The summed E-state index contributed by atoms with van der Waals surface area (Å²) in [6, 6.07) is 4.62. The molecule has 1 saturated heterocycles. The second kappa shape index (κ2) is 5.27. The van der Waals surface area contributed by atoms with E-state index in [0.29, 0.717) is 12.6 Å². The van der Waals surface area contributed by atoms with E-state index in [4.69, 9.17) is 5.73 Å². The van der Waals surface area contributed by atoms with Crippen molar-refractivity contribution in [3.05, 3.63) is 29.7 Å². The maximum Gasteiger partial charge on any atom is 0.165 e. The van der Waals surface area contributed by atoms with E-state index in [2.05, 4.69) is 26.5 Å². The third-order valence-corrected chi connectivity index (χ3v) is 4.15. The second-order valence-corrected chi connectivity index (χ2v) is 5.38. The molecule has 0 aliphatic carbocycles. The van der Waals surface area contributed by atoms with Gasteiger partial charge in [0.15, 0.2) is 5.65 Å². The van der Waals surface area contributed by atoms with Crippen molar-refractivity contribution in [2.45, 2.75) is 38.3 Å². The molecule has 0 radical (unpaired) electrons. The Hall–Kier alpha value is -1.46. The molecule has 0 aromatic carbocycles. The Morgan fingerprint density at radius 3 is 3.05 bits per heavy atom. The molecule has 0 spiro atoms. The van der Waals surface area contributed by atoms with Crippen molar-refractivity contribution in [2.24, 2.45) is 5.73 Å². The van der Waals surface area contributed by atoms with Crippen molar-refractivity contribution in [3.63, 3.8) is 0 Å². The van der Waals surface area contributed by atoms with Crippen molar-refractivity contribution in [3.8, 4) is 0 Å². The first-order valence-electron chi connectivity index (χ1n) is 7.01. The predicted octanol–water partition coefficient (Wildman–Crippen LogP) is 1.21. The molecule has 2 N–H and O–H groups in total. The van der Waals surface area contributed by atoms with E-state index in [1.54, 1.807) is 0 Å². The van der Waals surface area contributed by atoms with Gasteiger partial charge in [0.1, 0.15) is 5.82 Å². The molecule has 3 heterocycles. The number of rotatable bonds is 3. The van der Waals surface area contributed by atoms with Crippen LogP contribution in [-0.4, -0.2) is 39.1 Å². The summed E-state index contributed by atoms with van der Waals surface area (Å²) in [5, 5.41) is 8.66. The second-order valence-electron chi connectivity index (χ2n) is 5.38. The molecule has 0 bridgehead atoms. The van der Waals surface area contributed by atoms with E-state index in [0.717, 1.165) is 23.5 Å². The molecule has 0 saturated carbocycles. The number of nitrogens with zero attached hydrogens (tertiary/aromatic N) is 4. The van der Waals surface area contributed by atoms with Crippen molar-refractivity contribution in [2.75, 3.05) is 13.6 Å². The zero-order valence-corrected chi connectivity index (χ0v) is 11.4. The van der Waals surface area contributed by atoms with E-state index >= 15 is 0 Å².